The fraction of sp³-hybridized carbons (Fsp3) is 0.562. The second-order valence-corrected chi connectivity index (χ2v) is 6.79. The molecule has 0 aromatic heterocycles. The number of carbonyl (C=O) groups excluding carboxylic acids is 1. The van der Waals surface area contributed by atoms with Crippen molar-refractivity contribution in [1.29, 1.82) is 0 Å². The molecular weight excluding hydrogens is 286 g/mol. The van der Waals surface area contributed by atoms with E-state index in [0.717, 1.165) is 0 Å². The molecule has 118 valence electrons. The van der Waals surface area contributed by atoms with E-state index in [1.807, 2.05) is 13.8 Å². The van der Waals surface area contributed by atoms with E-state index in [1.165, 1.54) is 0 Å². The molecule has 0 bridgehead atoms. The molecule has 1 fully saturated rings. The highest BCUT2D eigenvalue weighted by molar-refractivity contribution is 5.99. The van der Waals surface area contributed by atoms with Gasteiger partial charge >= 0.3 is 0 Å². The maximum atomic E-state index is 12.3. The number of ether oxygens (including phenoxy) is 2. The summed E-state index contributed by atoms with van der Waals surface area (Å²) in [6.45, 7) is 4.55. The molecule has 1 heterocycles. The first-order valence-corrected chi connectivity index (χ1v) is 7.36. The van der Waals surface area contributed by atoms with Gasteiger partial charge in [0.2, 0.25) is 12.3 Å². The molecule has 6 heteroatoms. The van der Waals surface area contributed by atoms with Gasteiger partial charge in [-0.1, -0.05) is 38.1 Å². The largest absolute Gasteiger partial charge is 0.345 e. The summed E-state index contributed by atoms with van der Waals surface area (Å²) in [4.78, 5) is 22.9. The van der Waals surface area contributed by atoms with Crippen LogP contribution in [0.3, 0.4) is 0 Å². The predicted octanol–water partition coefficient (Wildman–Crippen LogP) is 2.39. The lowest BCUT2D eigenvalue weighted by Crippen LogP contribution is -2.54. The van der Waals surface area contributed by atoms with Gasteiger partial charge in [-0.15, -0.1) is 0 Å². The summed E-state index contributed by atoms with van der Waals surface area (Å²) in [6, 6.07) is 7.09. The fourth-order valence-electron chi connectivity index (χ4n) is 3.16. The average molecular weight is 305 g/mol. The number of hydrogen-bond acceptors (Lipinski definition) is 5. The standard InChI is InChI=1S/C16H19NO5/c1-15(2)9-21-16(22-10-15)11(8-17(19)20)7-14(18)12-5-3-4-6-13(12)16/h3-6,11H,7-10H2,1-2H3. The lowest BCUT2D eigenvalue weighted by atomic mass is 9.76. The molecule has 1 aromatic carbocycles. The summed E-state index contributed by atoms with van der Waals surface area (Å²) < 4.78 is 12.1. The third kappa shape index (κ3) is 2.42. The topological polar surface area (TPSA) is 78.7 Å². The van der Waals surface area contributed by atoms with E-state index in [-0.39, 0.29) is 24.2 Å². The van der Waals surface area contributed by atoms with Crippen LogP contribution in [0.2, 0.25) is 0 Å². The highest BCUT2D eigenvalue weighted by Gasteiger charge is 2.54. The third-order valence-electron chi connectivity index (χ3n) is 4.30. The van der Waals surface area contributed by atoms with Crippen molar-refractivity contribution in [3.05, 3.63) is 45.5 Å². The molecule has 1 unspecified atom stereocenters. The zero-order valence-corrected chi connectivity index (χ0v) is 12.7. The van der Waals surface area contributed by atoms with Crippen molar-refractivity contribution >= 4 is 5.78 Å². The van der Waals surface area contributed by atoms with Crippen molar-refractivity contribution in [2.75, 3.05) is 19.8 Å². The number of ketones is 1. The Morgan fingerprint density at radius 3 is 2.55 bits per heavy atom. The van der Waals surface area contributed by atoms with Crippen molar-refractivity contribution in [1.82, 2.24) is 0 Å². The Hall–Kier alpha value is -1.79. The monoisotopic (exact) mass is 305 g/mol. The smallest absolute Gasteiger partial charge is 0.212 e. The van der Waals surface area contributed by atoms with Crippen LogP contribution in [0.4, 0.5) is 0 Å². The lowest BCUT2D eigenvalue weighted by molar-refractivity contribution is -0.503. The molecule has 1 saturated heterocycles. The maximum Gasteiger partial charge on any atom is 0.212 e. The Kier molecular flexibility index (Phi) is 3.53. The van der Waals surface area contributed by atoms with E-state index >= 15 is 0 Å². The normalized spacial score (nSPS) is 25.7. The van der Waals surface area contributed by atoms with Gasteiger partial charge in [0.1, 0.15) is 0 Å². The third-order valence-corrected chi connectivity index (χ3v) is 4.30. The van der Waals surface area contributed by atoms with Gasteiger partial charge in [0.05, 0.1) is 19.1 Å². The number of rotatable bonds is 2. The van der Waals surface area contributed by atoms with Crippen LogP contribution in [0.5, 0.6) is 0 Å². The first-order valence-electron chi connectivity index (χ1n) is 7.36. The summed E-state index contributed by atoms with van der Waals surface area (Å²) in [7, 11) is 0. The zero-order valence-electron chi connectivity index (χ0n) is 12.7. The van der Waals surface area contributed by atoms with Crippen LogP contribution in [0.1, 0.15) is 36.2 Å². The highest BCUT2D eigenvalue weighted by atomic mass is 16.7. The van der Waals surface area contributed by atoms with E-state index in [0.29, 0.717) is 24.3 Å². The molecule has 0 N–H and O–H groups in total. The van der Waals surface area contributed by atoms with E-state index < -0.39 is 16.6 Å². The molecule has 0 radical (unpaired) electrons. The van der Waals surface area contributed by atoms with Crippen molar-refractivity contribution in [3.63, 3.8) is 0 Å². The second-order valence-electron chi connectivity index (χ2n) is 6.79. The van der Waals surface area contributed by atoms with Gasteiger partial charge in [-0.3, -0.25) is 14.9 Å². The van der Waals surface area contributed by atoms with Crippen molar-refractivity contribution in [2.45, 2.75) is 26.1 Å². The molecule has 6 nitrogen and oxygen atoms in total. The summed E-state index contributed by atoms with van der Waals surface area (Å²) in [6.07, 6.45) is 0.0679. The number of nitrogens with zero attached hydrogens (tertiary/aromatic N) is 1. The SMILES string of the molecule is CC1(C)COC2(OC1)c1ccccc1C(=O)CC2C[N+](=O)[O-]. The molecule has 1 aliphatic carbocycles. The Balaban J connectivity index is 2.07. The Morgan fingerprint density at radius 1 is 1.27 bits per heavy atom. The first kappa shape index (κ1) is 15.1. The van der Waals surface area contributed by atoms with Crippen LogP contribution in [0.25, 0.3) is 0 Å². The van der Waals surface area contributed by atoms with Crippen LogP contribution in [0, 0.1) is 21.4 Å². The molecule has 1 aliphatic heterocycles. The van der Waals surface area contributed by atoms with Crippen molar-refractivity contribution < 1.29 is 19.2 Å². The van der Waals surface area contributed by atoms with Gasteiger partial charge in [-0.25, -0.2) is 0 Å². The summed E-state index contributed by atoms with van der Waals surface area (Å²) in [5.74, 6) is -1.89. The first-order chi connectivity index (χ1) is 10.3. The molecule has 22 heavy (non-hydrogen) atoms. The second kappa shape index (κ2) is 5.14. The molecule has 1 spiro atoms. The zero-order chi connectivity index (χ0) is 16.0. The molecule has 0 saturated carbocycles. The minimum Gasteiger partial charge on any atom is -0.345 e. The number of carbonyl (C=O) groups is 1. The number of fused-ring (bicyclic) bond motifs is 2. The predicted molar refractivity (Wildman–Crippen MR) is 78.1 cm³/mol. The minimum absolute atomic E-state index is 0.0679. The Morgan fingerprint density at radius 2 is 1.91 bits per heavy atom. The quantitative estimate of drug-likeness (QED) is 0.619. The van der Waals surface area contributed by atoms with E-state index in [9.17, 15) is 14.9 Å². The fourth-order valence-corrected chi connectivity index (χ4v) is 3.16. The lowest BCUT2D eigenvalue weighted by Gasteiger charge is -2.48. The molecule has 3 rings (SSSR count). The van der Waals surface area contributed by atoms with E-state index in [4.69, 9.17) is 9.47 Å². The molecule has 0 amide bonds. The van der Waals surface area contributed by atoms with E-state index in [1.54, 1.807) is 24.3 Å². The molecule has 1 atom stereocenters. The number of Topliss-reactive ketones (excluding diaryl/α,β-unsaturated/α-hetero) is 1. The van der Waals surface area contributed by atoms with Crippen LogP contribution in [-0.4, -0.2) is 30.5 Å². The summed E-state index contributed by atoms with van der Waals surface area (Å²) >= 11 is 0. The average Bonchev–Trinajstić information content (AvgIpc) is 2.46. The maximum absolute atomic E-state index is 12.3. The van der Waals surface area contributed by atoms with Gasteiger partial charge < -0.3 is 9.47 Å². The van der Waals surface area contributed by atoms with Crippen molar-refractivity contribution in [2.24, 2.45) is 11.3 Å². The van der Waals surface area contributed by atoms with Crippen LogP contribution in [0.15, 0.2) is 24.3 Å². The Bertz CT molecular complexity index is 615. The minimum atomic E-state index is -1.19. The number of hydrogen-bond donors (Lipinski definition) is 0. The summed E-state index contributed by atoms with van der Waals surface area (Å²) in [5, 5.41) is 11.0. The van der Waals surface area contributed by atoms with Crippen LogP contribution >= 0.6 is 0 Å². The Labute approximate surface area is 128 Å². The van der Waals surface area contributed by atoms with E-state index in [2.05, 4.69) is 0 Å². The van der Waals surface area contributed by atoms with Gasteiger partial charge in [-0.05, 0) is 0 Å². The number of nitro groups is 1. The van der Waals surface area contributed by atoms with Crippen molar-refractivity contribution in [3.8, 4) is 0 Å². The summed E-state index contributed by atoms with van der Waals surface area (Å²) in [5.41, 5.74) is 1.01. The molecular formula is C16H19NO5. The highest BCUT2D eigenvalue weighted by Crippen LogP contribution is 2.47. The van der Waals surface area contributed by atoms with Gasteiger partial charge in [-0.2, -0.15) is 0 Å². The van der Waals surface area contributed by atoms with Crippen LogP contribution in [-0.2, 0) is 15.3 Å². The van der Waals surface area contributed by atoms with Gasteiger partial charge in [0, 0.05) is 27.9 Å². The van der Waals surface area contributed by atoms with Crippen LogP contribution < -0.4 is 0 Å². The molecule has 2 aliphatic rings. The van der Waals surface area contributed by atoms with Gasteiger partial charge in [0.15, 0.2) is 5.78 Å². The number of benzene rings is 1. The molecule has 1 aromatic rings. The van der Waals surface area contributed by atoms with Gasteiger partial charge in [0.25, 0.3) is 0 Å².